The number of carbonyl (C=O) groups is 3. The number of ketones is 1. The highest BCUT2D eigenvalue weighted by Crippen LogP contribution is 2.32. The quantitative estimate of drug-likeness (QED) is 0.680. The van der Waals surface area contributed by atoms with E-state index in [4.69, 9.17) is 0 Å². The number of carbonyl (C=O) groups excluding carboxylic acids is 3. The van der Waals surface area contributed by atoms with Crippen LogP contribution in [0.15, 0.2) is 60.7 Å². The van der Waals surface area contributed by atoms with E-state index in [-0.39, 0.29) is 18.2 Å². The van der Waals surface area contributed by atoms with Gasteiger partial charge in [0.1, 0.15) is 5.54 Å². The van der Waals surface area contributed by atoms with Gasteiger partial charge in [0.05, 0.1) is 6.54 Å². The molecule has 3 rings (SSSR count). The predicted molar refractivity (Wildman–Crippen MR) is 89.4 cm³/mol. The number of nitrogens with zero attached hydrogens (tertiary/aromatic N) is 1. The number of imide groups is 1. The van der Waals surface area contributed by atoms with Crippen molar-refractivity contribution >= 4 is 17.7 Å². The van der Waals surface area contributed by atoms with Gasteiger partial charge in [-0.05, 0) is 12.0 Å². The molecular weight excluding hydrogens is 304 g/mol. The van der Waals surface area contributed by atoms with E-state index in [1.54, 1.807) is 24.3 Å². The van der Waals surface area contributed by atoms with E-state index in [1.807, 2.05) is 43.3 Å². The van der Waals surface area contributed by atoms with E-state index in [0.717, 1.165) is 10.5 Å². The van der Waals surface area contributed by atoms with Crippen LogP contribution < -0.4 is 5.32 Å². The molecular formula is C19H18N2O3. The van der Waals surface area contributed by atoms with Crippen molar-refractivity contribution in [3.8, 4) is 0 Å². The molecule has 2 aromatic rings. The molecule has 1 atom stereocenters. The van der Waals surface area contributed by atoms with Crippen LogP contribution in [0, 0.1) is 0 Å². The SMILES string of the molecule is CCC1(c2ccccc2)NC(=O)N(CC(=O)c2ccccc2)C1=O. The number of urea groups is 1. The van der Waals surface area contributed by atoms with Gasteiger partial charge in [-0.1, -0.05) is 67.6 Å². The van der Waals surface area contributed by atoms with Crippen LogP contribution >= 0.6 is 0 Å². The maximum Gasteiger partial charge on any atom is 0.325 e. The third-order valence-electron chi connectivity index (χ3n) is 4.37. The second-order valence-electron chi connectivity index (χ2n) is 5.74. The Morgan fingerprint density at radius 1 is 1.00 bits per heavy atom. The first-order valence-corrected chi connectivity index (χ1v) is 7.86. The van der Waals surface area contributed by atoms with Gasteiger partial charge in [0.25, 0.3) is 5.91 Å². The molecule has 0 aliphatic carbocycles. The van der Waals surface area contributed by atoms with Crippen LogP contribution in [-0.4, -0.2) is 29.2 Å². The van der Waals surface area contributed by atoms with Gasteiger partial charge >= 0.3 is 6.03 Å². The molecule has 1 heterocycles. The van der Waals surface area contributed by atoms with Crippen LogP contribution in [0.1, 0.15) is 29.3 Å². The Kier molecular flexibility index (Phi) is 4.16. The summed E-state index contributed by atoms with van der Waals surface area (Å²) >= 11 is 0. The second-order valence-corrected chi connectivity index (χ2v) is 5.74. The van der Waals surface area contributed by atoms with Crippen LogP contribution in [-0.2, 0) is 10.3 Å². The average Bonchev–Trinajstić information content (AvgIpc) is 2.88. The van der Waals surface area contributed by atoms with E-state index in [2.05, 4.69) is 5.32 Å². The third kappa shape index (κ3) is 2.58. The minimum Gasteiger partial charge on any atom is -0.319 e. The van der Waals surface area contributed by atoms with E-state index < -0.39 is 11.6 Å². The summed E-state index contributed by atoms with van der Waals surface area (Å²) in [6.07, 6.45) is 0.414. The molecule has 3 amide bonds. The Hall–Kier alpha value is -2.95. The fraction of sp³-hybridized carbons (Fsp3) is 0.211. The molecule has 0 radical (unpaired) electrons. The normalized spacial score (nSPS) is 20.1. The lowest BCUT2D eigenvalue weighted by Crippen LogP contribution is -2.43. The van der Waals surface area contributed by atoms with Crippen molar-refractivity contribution in [1.82, 2.24) is 10.2 Å². The monoisotopic (exact) mass is 322 g/mol. The first kappa shape index (κ1) is 15.9. The molecule has 0 aromatic heterocycles. The Labute approximate surface area is 140 Å². The van der Waals surface area contributed by atoms with Crippen molar-refractivity contribution in [2.75, 3.05) is 6.54 Å². The largest absolute Gasteiger partial charge is 0.325 e. The van der Waals surface area contributed by atoms with Crippen molar-refractivity contribution in [1.29, 1.82) is 0 Å². The molecule has 5 nitrogen and oxygen atoms in total. The van der Waals surface area contributed by atoms with Crippen LogP contribution in [0.2, 0.25) is 0 Å². The lowest BCUT2D eigenvalue weighted by molar-refractivity contribution is -0.131. The average molecular weight is 322 g/mol. The molecule has 5 heteroatoms. The fourth-order valence-corrected chi connectivity index (χ4v) is 2.99. The van der Waals surface area contributed by atoms with Crippen molar-refractivity contribution in [3.05, 3.63) is 71.8 Å². The van der Waals surface area contributed by atoms with E-state index in [1.165, 1.54) is 0 Å². The number of Topliss-reactive ketones (excluding diaryl/α,β-unsaturated/α-hetero) is 1. The summed E-state index contributed by atoms with van der Waals surface area (Å²) in [6, 6.07) is 17.2. The molecule has 1 N–H and O–H groups in total. The first-order valence-electron chi connectivity index (χ1n) is 7.86. The number of rotatable bonds is 5. The van der Waals surface area contributed by atoms with E-state index in [0.29, 0.717) is 12.0 Å². The maximum absolute atomic E-state index is 12.9. The van der Waals surface area contributed by atoms with Gasteiger partial charge in [-0.2, -0.15) is 0 Å². The zero-order valence-corrected chi connectivity index (χ0v) is 13.4. The summed E-state index contributed by atoms with van der Waals surface area (Å²) in [5.74, 6) is -0.649. The minimum atomic E-state index is -1.10. The Balaban J connectivity index is 1.88. The Bertz CT molecular complexity index is 774. The summed E-state index contributed by atoms with van der Waals surface area (Å²) in [6.45, 7) is 1.58. The van der Waals surface area contributed by atoms with Gasteiger partial charge in [-0.15, -0.1) is 0 Å². The van der Waals surface area contributed by atoms with Crippen molar-refractivity contribution in [2.45, 2.75) is 18.9 Å². The number of hydrogen-bond acceptors (Lipinski definition) is 3. The second kappa shape index (κ2) is 6.28. The minimum absolute atomic E-state index is 0.261. The summed E-state index contributed by atoms with van der Waals surface area (Å²) < 4.78 is 0. The number of hydrogen-bond donors (Lipinski definition) is 1. The Morgan fingerprint density at radius 3 is 2.17 bits per heavy atom. The van der Waals surface area contributed by atoms with Crippen molar-refractivity contribution in [2.24, 2.45) is 0 Å². The van der Waals surface area contributed by atoms with Gasteiger partial charge in [0.2, 0.25) is 0 Å². The molecule has 1 aliphatic heterocycles. The summed E-state index contributed by atoms with van der Waals surface area (Å²) in [5, 5.41) is 2.78. The fourth-order valence-electron chi connectivity index (χ4n) is 2.99. The van der Waals surface area contributed by atoms with Crippen LogP contribution in [0.25, 0.3) is 0 Å². The van der Waals surface area contributed by atoms with Crippen molar-refractivity contribution in [3.63, 3.8) is 0 Å². The molecule has 0 bridgehead atoms. The highest BCUT2D eigenvalue weighted by atomic mass is 16.2. The Morgan fingerprint density at radius 2 is 1.58 bits per heavy atom. The summed E-state index contributed by atoms with van der Waals surface area (Å²) in [4.78, 5) is 38.6. The van der Waals surface area contributed by atoms with Gasteiger partial charge in [-0.3, -0.25) is 14.5 Å². The van der Waals surface area contributed by atoms with Crippen LogP contribution in [0.5, 0.6) is 0 Å². The highest BCUT2D eigenvalue weighted by Gasteiger charge is 2.51. The zero-order chi connectivity index (χ0) is 17.2. The molecule has 0 spiro atoms. The van der Waals surface area contributed by atoms with Crippen molar-refractivity contribution < 1.29 is 14.4 Å². The van der Waals surface area contributed by atoms with Crippen LogP contribution in [0.4, 0.5) is 4.79 Å². The molecule has 1 unspecified atom stereocenters. The highest BCUT2D eigenvalue weighted by molar-refractivity contribution is 6.11. The molecule has 1 fully saturated rings. The van der Waals surface area contributed by atoms with Crippen LogP contribution in [0.3, 0.4) is 0 Å². The molecule has 0 saturated carbocycles. The van der Waals surface area contributed by atoms with Gasteiger partial charge in [-0.25, -0.2) is 4.79 Å². The number of nitrogens with one attached hydrogen (secondary N) is 1. The smallest absolute Gasteiger partial charge is 0.319 e. The lowest BCUT2D eigenvalue weighted by atomic mass is 9.87. The first-order chi connectivity index (χ1) is 11.6. The van der Waals surface area contributed by atoms with E-state index in [9.17, 15) is 14.4 Å². The third-order valence-corrected chi connectivity index (χ3v) is 4.37. The maximum atomic E-state index is 12.9. The number of amides is 3. The van der Waals surface area contributed by atoms with Gasteiger partial charge in [0.15, 0.2) is 5.78 Å². The lowest BCUT2D eigenvalue weighted by Gasteiger charge is -2.25. The summed E-state index contributed by atoms with van der Waals surface area (Å²) in [7, 11) is 0. The van der Waals surface area contributed by atoms with Gasteiger partial charge < -0.3 is 5.32 Å². The molecule has 24 heavy (non-hydrogen) atoms. The topological polar surface area (TPSA) is 66.5 Å². The standard InChI is InChI=1S/C19H18N2O3/c1-2-19(15-11-7-4-8-12-15)17(23)21(18(24)20-19)13-16(22)14-9-5-3-6-10-14/h3-12H,2,13H2,1H3,(H,20,24). The predicted octanol–water partition coefficient (Wildman–Crippen LogP) is 2.73. The zero-order valence-electron chi connectivity index (χ0n) is 13.4. The molecule has 1 aliphatic rings. The molecule has 122 valence electrons. The van der Waals surface area contributed by atoms with Gasteiger partial charge in [0, 0.05) is 5.56 Å². The summed E-state index contributed by atoms with van der Waals surface area (Å²) in [5.41, 5.74) is 0.0993. The molecule has 1 saturated heterocycles. The van der Waals surface area contributed by atoms with E-state index >= 15 is 0 Å². The molecule has 2 aromatic carbocycles. The number of benzene rings is 2.